The van der Waals surface area contributed by atoms with E-state index < -0.39 is 0 Å². The smallest absolute Gasteiger partial charge is 0.330 e. The van der Waals surface area contributed by atoms with Gasteiger partial charge in [-0.25, -0.2) is 14.3 Å². The molecule has 3 aromatic rings. The van der Waals surface area contributed by atoms with Crippen molar-refractivity contribution in [3.8, 4) is 5.69 Å². The summed E-state index contributed by atoms with van der Waals surface area (Å²) in [6.45, 7) is 0.619. The number of benzene rings is 1. The van der Waals surface area contributed by atoms with Crippen molar-refractivity contribution in [3.05, 3.63) is 58.6 Å². The highest BCUT2D eigenvalue weighted by atomic mass is 16.1. The predicted octanol–water partition coefficient (Wildman–Crippen LogP) is 1.21. The van der Waals surface area contributed by atoms with Gasteiger partial charge in [0.1, 0.15) is 0 Å². The Kier molecular flexibility index (Phi) is 2.89. The number of aromatic nitrogens is 3. The molecule has 0 radical (unpaired) electrons. The minimum Gasteiger partial charge on any atom is -0.330 e. The van der Waals surface area contributed by atoms with Crippen molar-refractivity contribution in [1.82, 2.24) is 14.5 Å². The Morgan fingerprint density at radius 1 is 1.21 bits per heavy atom. The van der Waals surface area contributed by atoms with Gasteiger partial charge in [-0.3, -0.25) is 0 Å². The maximum absolute atomic E-state index is 12.0. The van der Waals surface area contributed by atoms with Crippen LogP contribution in [-0.4, -0.2) is 21.1 Å². The van der Waals surface area contributed by atoms with Crippen LogP contribution in [0.1, 0.15) is 5.56 Å². The van der Waals surface area contributed by atoms with Crippen molar-refractivity contribution in [2.24, 2.45) is 5.73 Å². The monoisotopic (exact) mass is 254 g/mol. The second-order valence-corrected chi connectivity index (χ2v) is 4.35. The van der Waals surface area contributed by atoms with Gasteiger partial charge in [-0.1, -0.05) is 12.1 Å². The molecule has 5 heteroatoms. The van der Waals surface area contributed by atoms with Gasteiger partial charge in [0.2, 0.25) is 0 Å². The molecule has 96 valence electrons. The molecule has 0 unspecified atom stereocenters. The third-order valence-electron chi connectivity index (χ3n) is 3.07. The van der Waals surface area contributed by atoms with Gasteiger partial charge in [0.25, 0.3) is 0 Å². The first kappa shape index (κ1) is 11.7. The van der Waals surface area contributed by atoms with Crippen molar-refractivity contribution in [2.45, 2.75) is 6.42 Å². The number of nitrogens with zero attached hydrogens (tertiary/aromatic N) is 2. The molecule has 0 bridgehead atoms. The van der Waals surface area contributed by atoms with Gasteiger partial charge in [0.15, 0.2) is 5.65 Å². The SMILES string of the molecule is NCCc1ccc(-n2c(=O)[nH]c3cccnc32)cc1. The molecule has 3 rings (SSSR count). The van der Waals surface area contributed by atoms with Gasteiger partial charge in [-0.05, 0) is 42.8 Å². The maximum atomic E-state index is 12.0. The van der Waals surface area contributed by atoms with Crippen molar-refractivity contribution in [1.29, 1.82) is 0 Å². The number of nitrogens with one attached hydrogen (secondary N) is 1. The van der Waals surface area contributed by atoms with Crippen LogP contribution in [0.25, 0.3) is 16.9 Å². The largest absolute Gasteiger partial charge is 0.332 e. The van der Waals surface area contributed by atoms with E-state index in [0.717, 1.165) is 23.2 Å². The van der Waals surface area contributed by atoms with Crippen molar-refractivity contribution >= 4 is 11.2 Å². The van der Waals surface area contributed by atoms with Crippen LogP contribution in [0, 0.1) is 0 Å². The summed E-state index contributed by atoms with van der Waals surface area (Å²) < 4.78 is 1.57. The lowest BCUT2D eigenvalue weighted by molar-refractivity contribution is 0.960. The fourth-order valence-corrected chi connectivity index (χ4v) is 2.16. The minimum atomic E-state index is -0.180. The zero-order chi connectivity index (χ0) is 13.2. The minimum absolute atomic E-state index is 0.180. The molecule has 2 heterocycles. The molecule has 0 atom stereocenters. The lowest BCUT2D eigenvalue weighted by Crippen LogP contribution is -2.15. The van der Waals surface area contributed by atoms with Crippen LogP contribution in [0.15, 0.2) is 47.4 Å². The van der Waals surface area contributed by atoms with Crippen LogP contribution in [0.5, 0.6) is 0 Å². The summed E-state index contributed by atoms with van der Waals surface area (Å²) >= 11 is 0. The molecule has 0 aliphatic heterocycles. The molecule has 0 spiro atoms. The number of pyridine rings is 1. The molecule has 0 saturated heterocycles. The fourth-order valence-electron chi connectivity index (χ4n) is 2.16. The van der Waals surface area contributed by atoms with E-state index in [2.05, 4.69) is 9.97 Å². The second-order valence-electron chi connectivity index (χ2n) is 4.35. The van der Waals surface area contributed by atoms with E-state index in [1.54, 1.807) is 16.8 Å². The van der Waals surface area contributed by atoms with E-state index in [-0.39, 0.29) is 5.69 Å². The molecular weight excluding hydrogens is 240 g/mol. The first-order valence-corrected chi connectivity index (χ1v) is 6.15. The summed E-state index contributed by atoms with van der Waals surface area (Å²) in [5, 5.41) is 0. The highest BCUT2D eigenvalue weighted by Crippen LogP contribution is 2.13. The molecule has 3 N–H and O–H groups in total. The van der Waals surface area contributed by atoms with Crippen molar-refractivity contribution in [3.63, 3.8) is 0 Å². The molecule has 0 saturated carbocycles. The number of imidazole rings is 1. The third-order valence-corrected chi connectivity index (χ3v) is 3.07. The summed E-state index contributed by atoms with van der Waals surface area (Å²) in [6.07, 6.45) is 2.51. The Balaban J connectivity index is 2.13. The van der Waals surface area contributed by atoms with Gasteiger partial charge in [-0.15, -0.1) is 0 Å². The summed E-state index contributed by atoms with van der Waals surface area (Å²) in [5.41, 5.74) is 8.67. The van der Waals surface area contributed by atoms with Gasteiger partial charge in [0, 0.05) is 6.20 Å². The normalized spacial score (nSPS) is 11.0. The standard InChI is InChI=1S/C14H14N4O/c15-8-7-10-3-5-11(6-4-10)18-13-12(17-14(18)19)2-1-9-16-13/h1-6,9H,7-8,15H2,(H,17,19). The molecule has 5 nitrogen and oxygen atoms in total. The van der Waals surface area contributed by atoms with E-state index >= 15 is 0 Å². The third kappa shape index (κ3) is 2.04. The predicted molar refractivity (Wildman–Crippen MR) is 74.4 cm³/mol. The molecule has 19 heavy (non-hydrogen) atoms. The Morgan fingerprint density at radius 2 is 2.00 bits per heavy atom. The second kappa shape index (κ2) is 4.70. The number of H-pyrrole nitrogens is 1. The van der Waals surface area contributed by atoms with Crippen LogP contribution >= 0.6 is 0 Å². The Bertz CT molecular complexity index is 755. The quantitative estimate of drug-likeness (QED) is 0.737. The fraction of sp³-hybridized carbons (Fsp3) is 0.143. The first-order valence-electron chi connectivity index (χ1n) is 6.15. The molecule has 2 aromatic heterocycles. The van der Waals surface area contributed by atoms with Crippen LogP contribution in [0.2, 0.25) is 0 Å². The van der Waals surface area contributed by atoms with E-state index in [9.17, 15) is 4.79 Å². The number of aromatic amines is 1. The van der Waals surface area contributed by atoms with Gasteiger partial charge < -0.3 is 10.7 Å². The maximum Gasteiger partial charge on any atom is 0.332 e. The van der Waals surface area contributed by atoms with E-state index in [4.69, 9.17) is 5.73 Å². The number of fused-ring (bicyclic) bond motifs is 1. The number of nitrogens with two attached hydrogens (primary N) is 1. The lowest BCUT2D eigenvalue weighted by Gasteiger charge is -2.04. The molecule has 1 aromatic carbocycles. The summed E-state index contributed by atoms with van der Waals surface area (Å²) in [7, 11) is 0. The highest BCUT2D eigenvalue weighted by molar-refractivity contribution is 5.72. The number of hydrogen-bond donors (Lipinski definition) is 2. The number of hydrogen-bond acceptors (Lipinski definition) is 3. The summed E-state index contributed by atoms with van der Waals surface area (Å²) in [5.74, 6) is 0. The summed E-state index contributed by atoms with van der Waals surface area (Å²) in [6, 6.07) is 11.4. The van der Waals surface area contributed by atoms with E-state index in [1.165, 1.54) is 0 Å². The molecule has 0 amide bonds. The van der Waals surface area contributed by atoms with Crippen LogP contribution in [0.3, 0.4) is 0 Å². The van der Waals surface area contributed by atoms with Gasteiger partial charge in [-0.2, -0.15) is 0 Å². The van der Waals surface area contributed by atoms with Crippen molar-refractivity contribution in [2.75, 3.05) is 6.54 Å². The zero-order valence-electron chi connectivity index (χ0n) is 10.3. The van der Waals surface area contributed by atoms with Gasteiger partial charge in [0.05, 0.1) is 11.2 Å². The lowest BCUT2D eigenvalue weighted by atomic mass is 10.1. The first-order chi connectivity index (χ1) is 9.29. The van der Waals surface area contributed by atoms with Crippen molar-refractivity contribution < 1.29 is 0 Å². The molecule has 0 fully saturated rings. The molecule has 0 aliphatic rings. The van der Waals surface area contributed by atoms with Crippen LogP contribution < -0.4 is 11.4 Å². The van der Waals surface area contributed by atoms with Gasteiger partial charge >= 0.3 is 5.69 Å². The highest BCUT2D eigenvalue weighted by Gasteiger charge is 2.08. The Labute approximate surface area is 109 Å². The van der Waals surface area contributed by atoms with E-state index in [0.29, 0.717) is 12.2 Å². The van der Waals surface area contributed by atoms with E-state index in [1.807, 2.05) is 30.3 Å². The zero-order valence-corrected chi connectivity index (χ0v) is 10.3. The number of rotatable bonds is 3. The molecular formula is C14H14N4O. The average Bonchev–Trinajstić information content (AvgIpc) is 2.76. The Morgan fingerprint density at radius 3 is 2.74 bits per heavy atom. The topological polar surface area (TPSA) is 76.7 Å². The van der Waals surface area contributed by atoms with Crippen LogP contribution in [0.4, 0.5) is 0 Å². The summed E-state index contributed by atoms with van der Waals surface area (Å²) in [4.78, 5) is 19.0. The van der Waals surface area contributed by atoms with Crippen LogP contribution in [-0.2, 0) is 6.42 Å². The molecule has 0 aliphatic carbocycles. The Hall–Kier alpha value is -2.40. The average molecular weight is 254 g/mol.